The van der Waals surface area contributed by atoms with Crippen LogP contribution in [0.25, 0.3) is 0 Å². The standard InChI is InChI=1S/C24H36N4O5/c1-6-7-8-9-10-18(3)32-22(29)15-17(2)24(30)33-19(4)23-25-27-28(26-23)16-20-11-13-21(31-5)14-12-20/h11-14,18-19,27H,2,6-10,15-16H2,1,3-5H3,(H,25,26)/t18-,19?/m0/s1. The predicted molar refractivity (Wildman–Crippen MR) is 126 cm³/mol. The van der Waals surface area contributed by atoms with Crippen molar-refractivity contribution in [2.45, 2.75) is 78.0 Å². The van der Waals surface area contributed by atoms with E-state index < -0.39 is 18.0 Å². The summed E-state index contributed by atoms with van der Waals surface area (Å²) in [5, 5.41) is 5.97. The highest BCUT2D eigenvalue weighted by Crippen LogP contribution is 2.14. The van der Waals surface area contributed by atoms with Gasteiger partial charge in [-0.1, -0.05) is 44.9 Å². The van der Waals surface area contributed by atoms with E-state index in [1.807, 2.05) is 31.2 Å². The maximum atomic E-state index is 12.4. The predicted octanol–water partition coefficient (Wildman–Crippen LogP) is 3.61. The van der Waals surface area contributed by atoms with Crippen LogP contribution in [0.3, 0.4) is 0 Å². The van der Waals surface area contributed by atoms with Gasteiger partial charge >= 0.3 is 11.9 Å². The molecule has 1 aliphatic rings. The van der Waals surface area contributed by atoms with Crippen LogP contribution in [0.4, 0.5) is 0 Å². The molecule has 0 bridgehead atoms. The van der Waals surface area contributed by atoms with Gasteiger partial charge in [-0.2, -0.15) is 0 Å². The van der Waals surface area contributed by atoms with E-state index in [0.717, 1.165) is 37.0 Å². The molecule has 1 aliphatic heterocycles. The lowest BCUT2D eigenvalue weighted by atomic mass is 10.1. The fourth-order valence-corrected chi connectivity index (χ4v) is 3.19. The van der Waals surface area contributed by atoms with Gasteiger partial charge in [-0.05, 0) is 44.4 Å². The number of hydrazone groups is 1. The van der Waals surface area contributed by atoms with Crippen LogP contribution in [0.15, 0.2) is 41.5 Å². The van der Waals surface area contributed by atoms with E-state index in [9.17, 15) is 9.59 Å². The first kappa shape index (κ1) is 26.2. The normalized spacial score (nSPS) is 14.7. The molecule has 2 atom stereocenters. The van der Waals surface area contributed by atoms with Crippen LogP contribution in [0, 0.1) is 0 Å². The Morgan fingerprint density at radius 3 is 2.52 bits per heavy atom. The van der Waals surface area contributed by atoms with E-state index in [0.29, 0.717) is 12.4 Å². The third kappa shape index (κ3) is 9.13. The minimum Gasteiger partial charge on any atom is -0.497 e. The summed E-state index contributed by atoms with van der Waals surface area (Å²) in [6.45, 7) is 9.88. The number of amidine groups is 1. The Balaban J connectivity index is 1.75. The molecular formula is C24H36N4O5. The largest absolute Gasteiger partial charge is 0.497 e. The van der Waals surface area contributed by atoms with E-state index in [-0.39, 0.29) is 18.1 Å². The number of methoxy groups -OCH3 is 1. The Morgan fingerprint density at radius 2 is 1.85 bits per heavy atom. The van der Waals surface area contributed by atoms with Gasteiger partial charge in [0.05, 0.1) is 26.2 Å². The molecule has 1 aromatic carbocycles. The third-order valence-electron chi connectivity index (χ3n) is 5.14. The van der Waals surface area contributed by atoms with E-state index in [2.05, 4.69) is 29.6 Å². The lowest BCUT2D eigenvalue weighted by molar-refractivity contribution is -0.150. The Labute approximate surface area is 196 Å². The highest BCUT2D eigenvalue weighted by molar-refractivity contribution is 5.96. The molecule has 1 heterocycles. The molecule has 9 heteroatoms. The lowest BCUT2D eigenvalue weighted by Gasteiger charge is -2.15. The van der Waals surface area contributed by atoms with Crippen molar-refractivity contribution in [3.05, 3.63) is 42.0 Å². The number of hydrogen-bond donors (Lipinski definition) is 2. The van der Waals surface area contributed by atoms with Crippen LogP contribution in [0.1, 0.15) is 64.9 Å². The van der Waals surface area contributed by atoms with Crippen molar-refractivity contribution in [2.75, 3.05) is 7.11 Å². The molecule has 0 spiro atoms. The summed E-state index contributed by atoms with van der Waals surface area (Å²) in [4.78, 5) is 24.5. The molecule has 1 aromatic rings. The first-order valence-corrected chi connectivity index (χ1v) is 11.4. The lowest BCUT2D eigenvalue weighted by Crippen LogP contribution is -2.42. The zero-order valence-corrected chi connectivity index (χ0v) is 20.1. The smallest absolute Gasteiger partial charge is 0.334 e. The van der Waals surface area contributed by atoms with Gasteiger partial charge in [0.15, 0.2) is 11.9 Å². The Kier molecular flexibility index (Phi) is 10.7. The molecule has 2 N–H and O–H groups in total. The summed E-state index contributed by atoms with van der Waals surface area (Å²) in [6, 6.07) is 7.62. The number of esters is 2. The Morgan fingerprint density at radius 1 is 1.12 bits per heavy atom. The SMILES string of the molecule is C=C(CC(=O)O[C@@H](C)CCCCCC)C(=O)OC(C)C1=NN(Cc2ccc(OC)cc2)NN1. The fourth-order valence-electron chi connectivity index (χ4n) is 3.19. The Hall–Kier alpha value is -3.07. The number of nitrogens with zero attached hydrogens (tertiary/aromatic N) is 2. The number of nitrogens with one attached hydrogen (secondary N) is 2. The molecule has 33 heavy (non-hydrogen) atoms. The zero-order valence-electron chi connectivity index (χ0n) is 20.1. The average molecular weight is 461 g/mol. The molecule has 1 unspecified atom stereocenters. The van der Waals surface area contributed by atoms with Crippen molar-refractivity contribution in [1.29, 1.82) is 0 Å². The number of ether oxygens (including phenoxy) is 3. The van der Waals surface area contributed by atoms with Crippen LogP contribution >= 0.6 is 0 Å². The van der Waals surface area contributed by atoms with Gasteiger partial charge in [0.2, 0.25) is 0 Å². The monoisotopic (exact) mass is 460 g/mol. The average Bonchev–Trinajstić information content (AvgIpc) is 3.25. The molecule has 0 fully saturated rings. The van der Waals surface area contributed by atoms with Crippen molar-refractivity contribution in [1.82, 2.24) is 16.1 Å². The van der Waals surface area contributed by atoms with Crippen molar-refractivity contribution < 1.29 is 23.8 Å². The van der Waals surface area contributed by atoms with Crippen molar-refractivity contribution in [3.63, 3.8) is 0 Å². The van der Waals surface area contributed by atoms with Gasteiger partial charge in [-0.25, -0.2) is 9.91 Å². The molecule has 9 nitrogen and oxygen atoms in total. The van der Waals surface area contributed by atoms with E-state index >= 15 is 0 Å². The van der Waals surface area contributed by atoms with Crippen LogP contribution < -0.4 is 15.7 Å². The second kappa shape index (κ2) is 13.5. The summed E-state index contributed by atoms with van der Waals surface area (Å²) in [5.74, 6) is 0.0823. The molecule has 182 valence electrons. The highest BCUT2D eigenvalue weighted by Gasteiger charge is 2.24. The quantitative estimate of drug-likeness (QED) is 0.247. The van der Waals surface area contributed by atoms with Gasteiger partial charge in [-0.15, -0.1) is 10.6 Å². The third-order valence-corrected chi connectivity index (χ3v) is 5.14. The van der Waals surface area contributed by atoms with E-state index in [4.69, 9.17) is 14.2 Å². The summed E-state index contributed by atoms with van der Waals surface area (Å²) in [6.07, 6.45) is 4.25. The van der Waals surface area contributed by atoms with E-state index in [1.165, 1.54) is 6.42 Å². The number of benzene rings is 1. The summed E-state index contributed by atoms with van der Waals surface area (Å²) < 4.78 is 15.9. The minimum atomic E-state index is -0.659. The minimum absolute atomic E-state index is 0.0479. The second-order valence-corrected chi connectivity index (χ2v) is 8.11. The van der Waals surface area contributed by atoms with Gasteiger partial charge in [-0.3, -0.25) is 10.2 Å². The molecule has 0 saturated heterocycles. The molecule has 2 rings (SSSR count). The van der Waals surface area contributed by atoms with Gasteiger partial charge < -0.3 is 14.2 Å². The van der Waals surface area contributed by atoms with Gasteiger partial charge in [0.1, 0.15) is 5.75 Å². The number of unbranched alkanes of at least 4 members (excludes halogenated alkanes) is 3. The van der Waals surface area contributed by atoms with Crippen molar-refractivity contribution >= 4 is 17.8 Å². The molecule has 0 amide bonds. The molecular weight excluding hydrogens is 424 g/mol. The maximum absolute atomic E-state index is 12.4. The van der Waals surface area contributed by atoms with Gasteiger partial charge in [0.25, 0.3) is 0 Å². The highest BCUT2D eigenvalue weighted by atomic mass is 16.6. The molecule has 0 saturated carbocycles. The number of hydrogen-bond acceptors (Lipinski definition) is 9. The van der Waals surface area contributed by atoms with Crippen LogP contribution in [0.5, 0.6) is 5.75 Å². The first-order chi connectivity index (χ1) is 15.8. The number of carbonyl (C=O) groups excluding carboxylic acids is 2. The van der Waals surface area contributed by atoms with Crippen LogP contribution in [0.2, 0.25) is 0 Å². The van der Waals surface area contributed by atoms with E-state index in [1.54, 1.807) is 19.2 Å². The molecule has 0 aliphatic carbocycles. The number of rotatable bonds is 14. The first-order valence-electron chi connectivity index (χ1n) is 11.4. The van der Waals surface area contributed by atoms with Crippen LogP contribution in [-0.4, -0.2) is 42.2 Å². The van der Waals surface area contributed by atoms with Crippen molar-refractivity contribution in [3.8, 4) is 5.75 Å². The number of hydrazine groups is 2. The van der Waals surface area contributed by atoms with Gasteiger partial charge in [0, 0.05) is 5.57 Å². The summed E-state index contributed by atoms with van der Waals surface area (Å²) in [7, 11) is 1.62. The maximum Gasteiger partial charge on any atom is 0.334 e. The molecule has 0 aromatic heterocycles. The summed E-state index contributed by atoms with van der Waals surface area (Å²) >= 11 is 0. The Bertz CT molecular complexity index is 825. The van der Waals surface area contributed by atoms with Crippen molar-refractivity contribution in [2.24, 2.45) is 5.10 Å². The zero-order chi connectivity index (χ0) is 24.2. The van der Waals surface area contributed by atoms with Crippen LogP contribution in [-0.2, 0) is 25.6 Å². The molecule has 0 radical (unpaired) electrons. The fraction of sp³-hybridized carbons (Fsp3) is 0.542. The number of carbonyl (C=O) groups is 2. The topological polar surface area (TPSA) is 101 Å². The summed E-state index contributed by atoms with van der Waals surface area (Å²) in [5.41, 5.74) is 6.87. The second-order valence-electron chi connectivity index (χ2n) is 8.11.